The van der Waals surface area contributed by atoms with E-state index in [1.807, 2.05) is 37.3 Å². The van der Waals surface area contributed by atoms with Crippen molar-refractivity contribution in [2.45, 2.75) is 12.3 Å². The highest BCUT2D eigenvalue weighted by molar-refractivity contribution is 7.84. The highest BCUT2D eigenvalue weighted by Gasteiger charge is 2.42. The van der Waals surface area contributed by atoms with Crippen LogP contribution in [-0.2, 0) is 5.41 Å². The van der Waals surface area contributed by atoms with Gasteiger partial charge in [-0.05, 0) is 12.5 Å². The number of benzene rings is 1. The zero-order valence-electron chi connectivity index (χ0n) is 10.3. The number of nitrogens with one attached hydrogen (secondary N) is 1. The predicted octanol–water partition coefficient (Wildman–Crippen LogP) is 1.91. The molecule has 0 spiro atoms. The quantitative estimate of drug-likeness (QED) is 0.679. The van der Waals surface area contributed by atoms with E-state index >= 15 is 0 Å². The molecule has 0 radical (unpaired) electrons. The molecular formula is C14H12N4S. The van der Waals surface area contributed by atoms with E-state index < -0.39 is 5.41 Å². The molecule has 1 heterocycles. The Kier molecular flexibility index (Phi) is 3.25. The molecule has 94 valence electrons. The molecule has 0 unspecified atom stereocenters. The largest absolute Gasteiger partial charge is 0.384 e. The summed E-state index contributed by atoms with van der Waals surface area (Å²) in [6, 6.07) is 13.6. The van der Waals surface area contributed by atoms with Crippen LogP contribution in [0.25, 0.3) is 0 Å². The smallest absolute Gasteiger partial charge is 0.116 e. The summed E-state index contributed by atoms with van der Waals surface area (Å²) in [5.41, 5.74) is 6.53. The number of hydrogen-bond donors (Lipinski definition) is 3. The normalized spacial score (nSPS) is 22.5. The van der Waals surface area contributed by atoms with Crippen molar-refractivity contribution in [3.63, 3.8) is 0 Å². The van der Waals surface area contributed by atoms with Crippen molar-refractivity contribution in [2.24, 2.45) is 5.73 Å². The van der Waals surface area contributed by atoms with Crippen molar-refractivity contribution < 1.29 is 0 Å². The third-order valence-corrected chi connectivity index (χ3v) is 3.67. The van der Waals surface area contributed by atoms with Gasteiger partial charge < -0.3 is 11.1 Å². The van der Waals surface area contributed by atoms with E-state index in [0.29, 0.717) is 16.2 Å². The van der Waals surface area contributed by atoms with E-state index in [9.17, 15) is 10.5 Å². The molecule has 0 amide bonds. The average molecular weight is 268 g/mol. The van der Waals surface area contributed by atoms with Crippen LogP contribution in [0.3, 0.4) is 0 Å². The molecule has 0 aliphatic carbocycles. The van der Waals surface area contributed by atoms with Crippen LogP contribution in [0.4, 0.5) is 0 Å². The maximum Gasteiger partial charge on any atom is 0.116 e. The summed E-state index contributed by atoms with van der Waals surface area (Å²) < 4.78 is 0. The zero-order valence-corrected chi connectivity index (χ0v) is 11.2. The lowest BCUT2D eigenvalue weighted by molar-refractivity contribution is 0.648. The van der Waals surface area contributed by atoms with Gasteiger partial charge in [0, 0.05) is 0 Å². The number of nitriles is 2. The Morgan fingerprint density at radius 2 is 1.74 bits per heavy atom. The first-order valence-electron chi connectivity index (χ1n) is 5.62. The molecule has 0 saturated heterocycles. The summed E-state index contributed by atoms with van der Waals surface area (Å²) in [4.78, 5) is 0. The lowest BCUT2D eigenvalue weighted by atomic mass is 9.70. The fraction of sp³-hybridized carbons (Fsp3) is 0.143. The van der Waals surface area contributed by atoms with Gasteiger partial charge in [0.2, 0.25) is 0 Å². The second-order valence-corrected chi connectivity index (χ2v) is 4.80. The lowest BCUT2D eigenvalue weighted by Crippen LogP contribution is -2.38. The first kappa shape index (κ1) is 13.1. The molecule has 1 aliphatic rings. The van der Waals surface area contributed by atoms with Gasteiger partial charge in [-0.25, -0.2) is 0 Å². The summed E-state index contributed by atoms with van der Waals surface area (Å²) in [6.45, 7) is 1.81. The van der Waals surface area contributed by atoms with Crippen molar-refractivity contribution >= 4 is 12.6 Å². The predicted molar refractivity (Wildman–Crippen MR) is 75.4 cm³/mol. The number of thiol groups is 1. The first-order valence-corrected chi connectivity index (χ1v) is 6.07. The molecule has 0 fully saturated rings. The van der Waals surface area contributed by atoms with Crippen LogP contribution in [-0.4, -0.2) is 0 Å². The van der Waals surface area contributed by atoms with Crippen molar-refractivity contribution in [2.75, 3.05) is 0 Å². The molecule has 1 aromatic rings. The summed E-state index contributed by atoms with van der Waals surface area (Å²) in [7, 11) is 0. The van der Waals surface area contributed by atoms with Crippen LogP contribution in [0.1, 0.15) is 12.5 Å². The lowest BCUT2D eigenvalue weighted by Gasteiger charge is -2.34. The van der Waals surface area contributed by atoms with Gasteiger partial charge in [0.05, 0.1) is 33.7 Å². The fourth-order valence-electron chi connectivity index (χ4n) is 2.28. The van der Waals surface area contributed by atoms with E-state index in [1.165, 1.54) is 0 Å². The molecular weight excluding hydrogens is 256 g/mol. The Morgan fingerprint density at radius 3 is 2.26 bits per heavy atom. The van der Waals surface area contributed by atoms with Crippen molar-refractivity contribution in [3.8, 4) is 12.1 Å². The van der Waals surface area contributed by atoms with E-state index in [2.05, 4.69) is 30.1 Å². The van der Waals surface area contributed by atoms with Crippen molar-refractivity contribution in [1.82, 2.24) is 5.32 Å². The van der Waals surface area contributed by atoms with Gasteiger partial charge in [0.15, 0.2) is 0 Å². The van der Waals surface area contributed by atoms with Gasteiger partial charge >= 0.3 is 0 Å². The number of allylic oxidation sites excluding steroid dienone is 2. The molecule has 0 aromatic heterocycles. The highest BCUT2D eigenvalue weighted by Crippen LogP contribution is 2.42. The third kappa shape index (κ3) is 1.85. The molecule has 2 rings (SSSR count). The maximum absolute atomic E-state index is 9.39. The monoisotopic (exact) mass is 268 g/mol. The molecule has 0 saturated carbocycles. The minimum absolute atomic E-state index is 0.234. The summed E-state index contributed by atoms with van der Waals surface area (Å²) in [5, 5.41) is 21.9. The SMILES string of the molecule is C[C@@]1(c2ccccc2)C(C#N)=C(N)NC(S)=C1C#N. The van der Waals surface area contributed by atoms with Crippen molar-refractivity contribution in [3.05, 3.63) is 57.9 Å². The average Bonchev–Trinajstić information content (AvgIpc) is 2.40. The molecule has 19 heavy (non-hydrogen) atoms. The topological polar surface area (TPSA) is 85.6 Å². The summed E-state index contributed by atoms with van der Waals surface area (Å²) in [5.74, 6) is 0.234. The molecule has 1 aliphatic heterocycles. The fourth-order valence-corrected chi connectivity index (χ4v) is 2.67. The molecule has 1 aromatic carbocycles. The Hall–Kier alpha value is -2.37. The van der Waals surface area contributed by atoms with E-state index in [-0.39, 0.29) is 5.82 Å². The molecule has 5 heteroatoms. The van der Waals surface area contributed by atoms with E-state index in [1.54, 1.807) is 0 Å². The van der Waals surface area contributed by atoms with Gasteiger partial charge in [-0.1, -0.05) is 30.3 Å². The van der Waals surface area contributed by atoms with Gasteiger partial charge in [0.25, 0.3) is 0 Å². The molecule has 0 bridgehead atoms. The maximum atomic E-state index is 9.39. The van der Waals surface area contributed by atoms with E-state index in [0.717, 1.165) is 5.56 Å². The Morgan fingerprint density at radius 1 is 1.16 bits per heavy atom. The standard InChI is InChI=1S/C14H12N4S/c1-14(9-5-3-2-4-6-9)10(7-15)12(17)18-13(19)11(14)8-16/h2-6,18-19H,17H2,1H3/t14-/m1/s1. The van der Waals surface area contributed by atoms with Gasteiger partial charge in [0.1, 0.15) is 5.82 Å². The minimum atomic E-state index is -0.878. The van der Waals surface area contributed by atoms with Crippen LogP contribution in [0.15, 0.2) is 52.3 Å². The summed E-state index contributed by atoms with van der Waals surface area (Å²) >= 11 is 4.26. The van der Waals surface area contributed by atoms with Crippen LogP contribution in [0, 0.1) is 22.7 Å². The number of hydrogen-bond acceptors (Lipinski definition) is 5. The van der Waals surface area contributed by atoms with Crippen LogP contribution in [0.5, 0.6) is 0 Å². The number of nitrogens with zero attached hydrogens (tertiary/aromatic N) is 2. The minimum Gasteiger partial charge on any atom is -0.384 e. The zero-order chi connectivity index (χ0) is 14.0. The Bertz CT molecular complexity index is 623. The molecule has 4 nitrogen and oxygen atoms in total. The second kappa shape index (κ2) is 4.72. The van der Waals surface area contributed by atoms with Gasteiger partial charge in [-0.3, -0.25) is 0 Å². The number of nitrogens with two attached hydrogens (primary N) is 1. The Balaban J connectivity index is 2.78. The number of rotatable bonds is 1. The van der Waals surface area contributed by atoms with Gasteiger partial charge in [-0.2, -0.15) is 10.5 Å². The van der Waals surface area contributed by atoms with Crippen LogP contribution < -0.4 is 11.1 Å². The highest BCUT2D eigenvalue weighted by atomic mass is 32.1. The van der Waals surface area contributed by atoms with Crippen LogP contribution in [0.2, 0.25) is 0 Å². The number of dihydropyridines is 1. The first-order chi connectivity index (χ1) is 9.05. The Labute approximate surface area is 117 Å². The van der Waals surface area contributed by atoms with E-state index in [4.69, 9.17) is 5.73 Å². The second-order valence-electron chi connectivity index (χ2n) is 4.35. The summed E-state index contributed by atoms with van der Waals surface area (Å²) in [6.07, 6.45) is 0. The molecule has 3 N–H and O–H groups in total. The van der Waals surface area contributed by atoms with Gasteiger partial charge in [-0.15, -0.1) is 12.6 Å². The third-order valence-electron chi connectivity index (χ3n) is 3.33. The van der Waals surface area contributed by atoms with Crippen molar-refractivity contribution in [1.29, 1.82) is 10.5 Å². The molecule has 1 atom stereocenters. The van der Waals surface area contributed by atoms with Crippen LogP contribution >= 0.6 is 12.6 Å².